The molecular formula is C38H41ClF2O4. The van der Waals surface area contributed by atoms with Crippen LogP contribution in [0, 0.1) is 5.92 Å². The summed E-state index contributed by atoms with van der Waals surface area (Å²) < 4.78 is 49.3. The van der Waals surface area contributed by atoms with Gasteiger partial charge in [0.1, 0.15) is 12.2 Å². The number of hydrogen-bond donors (Lipinski definition) is 0. The second kappa shape index (κ2) is 16.4. The minimum atomic E-state index is -2.75. The van der Waals surface area contributed by atoms with Gasteiger partial charge < -0.3 is 18.9 Å². The fourth-order valence-electron chi connectivity index (χ4n) is 5.99. The molecular weight excluding hydrogens is 594 g/mol. The van der Waals surface area contributed by atoms with E-state index >= 15 is 0 Å². The summed E-state index contributed by atoms with van der Waals surface area (Å²) >= 11 is 6.73. The van der Waals surface area contributed by atoms with Crippen molar-refractivity contribution < 1.29 is 27.7 Å². The average Bonchev–Trinajstić information content (AvgIpc) is 3.06. The average molecular weight is 635 g/mol. The summed E-state index contributed by atoms with van der Waals surface area (Å²) in [5.41, 5.74) is 6.18. The van der Waals surface area contributed by atoms with Crippen molar-refractivity contribution in [3.05, 3.63) is 142 Å². The van der Waals surface area contributed by atoms with Crippen LogP contribution >= 0.6 is 11.6 Å². The Hall–Kier alpha value is -3.13. The molecule has 1 aliphatic rings. The Morgan fingerprint density at radius 2 is 1.36 bits per heavy atom. The minimum absolute atomic E-state index is 0.00642. The number of halogens is 3. The van der Waals surface area contributed by atoms with Gasteiger partial charge in [-0.1, -0.05) is 123 Å². The molecule has 0 bridgehead atoms. The molecule has 0 radical (unpaired) electrons. The molecule has 5 atom stereocenters. The van der Waals surface area contributed by atoms with Crippen LogP contribution in [0.2, 0.25) is 5.02 Å². The molecule has 5 rings (SSSR count). The number of benzene rings is 4. The molecule has 4 aromatic carbocycles. The van der Waals surface area contributed by atoms with Gasteiger partial charge in [-0.05, 0) is 58.7 Å². The normalized spacial score (nSPS) is 21.7. The van der Waals surface area contributed by atoms with Crippen LogP contribution < -0.4 is 0 Å². The highest BCUT2D eigenvalue weighted by Gasteiger charge is 2.45. The third-order valence-corrected chi connectivity index (χ3v) is 8.84. The Morgan fingerprint density at radius 3 is 1.96 bits per heavy atom. The molecule has 238 valence electrons. The summed E-state index contributed by atoms with van der Waals surface area (Å²) in [6.45, 7) is 2.49. The van der Waals surface area contributed by atoms with E-state index in [0.717, 1.165) is 39.8 Å². The molecule has 0 amide bonds. The summed E-state index contributed by atoms with van der Waals surface area (Å²) in [6.07, 6.45) is 0.980. The third kappa shape index (κ3) is 9.21. The highest BCUT2D eigenvalue weighted by atomic mass is 35.5. The maximum absolute atomic E-state index is 12.3. The summed E-state index contributed by atoms with van der Waals surface area (Å²) in [7, 11) is 0. The number of hydrogen-bond acceptors (Lipinski definition) is 4. The quantitative estimate of drug-likeness (QED) is 0.138. The summed E-state index contributed by atoms with van der Waals surface area (Å²) in [4.78, 5) is 0. The van der Waals surface area contributed by atoms with E-state index in [2.05, 4.69) is 48.9 Å². The molecule has 0 unspecified atom stereocenters. The van der Waals surface area contributed by atoms with E-state index in [0.29, 0.717) is 31.1 Å². The van der Waals surface area contributed by atoms with Crippen LogP contribution in [-0.2, 0) is 45.0 Å². The molecule has 4 aromatic rings. The molecule has 45 heavy (non-hydrogen) atoms. The number of alkyl halides is 2. The van der Waals surface area contributed by atoms with Crippen molar-refractivity contribution in [3.8, 4) is 0 Å². The first kappa shape index (κ1) is 33.2. The van der Waals surface area contributed by atoms with Gasteiger partial charge in [0.15, 0.2) is 0 Å². The van der Waals surface area contributed by atoms with Crippen LogP contribution in [0.15, 0.2) is 103 Å². The van der Waals surface area contributed by atoms with E-state index in [1.54, 1.807) is 0 Å². The van der Waals surface area contributed by atoms with Crippen LogP contribution in [0.1, 0.15) is 59.8 Å². The van der Waals surface area contributed by atoms with Gasteiger partial charge in [-0.25, -0.2) is 0 Å². The first-order valence-electron chi connectivity index (χ1n) is 15.6. The largest absolute Gasteiger partial charge is 0.370 e. The highest BCUT2D eigenvalue weighted by molar-refractivity contribution is 6.31. The van der Waals surface area contributed by atoms with Crippen molar-refractivity contribution in [2.75, 3.05) is 6.61 Å². The van der Waals surface area contributed by atoms with Crippen LogP contribution in [0.5, 0.6) is 0 Å². The summed E-state index contributed by atoms with van der Waals surface area (Å²) in [5.74, 6) is 0.118. The van der Waals surface area contributed by atoms with Gasteiger partial charge in [-0.2, -0.15) is 8.78 Å². The molecule has 0 aromatic heterocycles. The van der Waals surface area contributed by atoms with E-state index in [1.165, 1.54) is 0 Å². The number of rotatable bonds is 14. The molecule has 0 N–H and O–H groups in total. The maximum atomic E-state index is 12.3. The van der Waals surface area contributed by atoms with E-state index < -0.39 is 6.61 Å². The zero-order chi connectivity index (χ0) is 31.6. The standard InChI is InChI=1S/C38H41ClF2O4/c1-3-34-26(2)35(43-24-29-10-6-4-7-11-29)37(44-25-30-12-8-5-9-13-30)36(45-34)31-18-19-33(39)32(23-31)22-28-16-14-27(15-17-28)20-21-42-38(40)41/h4-19,23,26,34-38H,3,20-22,24-25H2,1-2H3/t26-,34-,35+,36+,37-/m1/s1. The van der Waals surface area contributed by atoms with Crippen LogP contribution in [0.4, 0.5) is 8.78 Å². The second-order valence-electron chi connectivity index (χ2n) is 11.6. The van der Waals surface area contributed by atoms with Crippen LogP contribution in [-0.4, -0.2) is 31.5 Å². The van der Waals surface area contributed by atoms with E-state index in [4.69, 9.17) is 25.8 Å². The van der Waals surface area contributed by atoms with Crippen molar-refractivity contribution in [1.29, 1.82) is 0 Å². The monoisotopic (exact) mass is 634 g/mol. The summed E-state index contributed by atoms with van der Waals surface area (Å²) in [6, 6.07) is 34.4. The lowest BCUT2D eigenvalue weighted by Gasteiger charge is -2.46. The SMILES string of the molecule is CC[C@H]1O[C@@H](c2ccc(Cl)c(Cc3ccc(CCOC(F)F)cc3)c2)[C@H](OCc2ccccc2)[C@@H](OCc2ccccc2)[C@@H]1C. The molecule has 0 aliphatic carbocycles. The molecule has 0 saturated carbocycles. The second-order valence-corrected chi connectivity index (χ2v) is 12.0. The zero-order valence-electron chi connectivity index (χ0n) is 25.8. The predicted octanol–water partition coefficient (Wildman–Crippen LogP) is 9.37. The lowest BCUT2D eigenvalue weighted by Crippen LogP contribution is -2.51. The fraction of sp³-hybridized carbons (Fsp3) is 0.368. The van der Waals surface area contributed by atoms with Gasteiger partial charge in [0.2, 0.25) is 0 Å². The zero-order valence-corrected chi connectivity index (χ0v) is 26.5. The van der Waals surface area contributed by atoms with Crippen LogP contribution in [0.3, 0.4) is 0 Å². The lowest BCUT2D eigenvalue weighted by atomic mass is 9.84. The minimum Gasteiger partial charge on any atom is -0.370 e. The molecule has 1 saturated heterocycles. The molecule has 7 heteroatoms. The Balaban J connectivity index is 1.39. The van der Waals surface area contributed by atoms with E-state index in [-0.39, 0.29) is 36.9 Å². The highest BCUT2D eigenvalue weighted by Crippen LogP contribution is 2.41. The lowest BCUT2D eigenvalue weighted by molar-refractivity contribution is -0.234. The summed E-state index contributed by atoms with van der Waals surface area (Å²) in [5, 5.41) is 0.669. The third-order valence-electron chi connectivity index (χ3n) is 8.47. The van der Waals surface area contributed by atoms with Gasteiger partial charge >= 0.3 is 6.61 Å². The first-order valence-corrected chi connectivity index (χ1v) is 16.0. The van der Waals surface area contributed by atoms with Crippen LogP contribution in [0.25, 0.3) is 0 Å². The number of ether oxygens (including phenoxy) is 4. The topological polar surface area (TPSA) is 36.9 Å². The Morgan fingerprint density at radius 1 is 0.756 bits per heavy atom. The van der Waals surface area contributed by atoms with Gasteiger partial charge in [-0.3, -0.25) is 0 Å². The Labute approximate surface area is 270 Å². The molecule has 1 fully saturated rings. The Bertz CT molecular complexity index is 1450. The van der Waals surface area contributed by atoms with Gasteiger partial charge in [0.05, 0.1) is 32.0 Å². The van der Waals surface area contributed by atoms with Crippen molar-refractivity contribution >= 4 is 11.6 Å². The first-order chi connectivity index (χ1) is 21.9. The molecule has 1 heterocycles. The Kier molecular flexibility index (Phi) is 12.1. The van der Waals surface area contributed by atoms with Gasteiger partial charge in [0, 0.05) is 10.9 Å². The van der Waals surface area contributed by atoms with Gasteiger partial charge in [0.25, 0.3) is 0 Å². The molecule has 0 spiro atoms. The maximum Gasteiger partial charge on any atom is 0.345 e. The van der Waals surface area contributed by atoms with Gasteiger partial charge in [-0.15, -0.1) is 0 Å². The van der Waals surface area contributed by atoms with Crippen molar-refractivity contribution in [1.82, 2.24) is 0 Å². The fourth-order valence-corrected chi connectivity index (χ4v) is 6.17. The molecule has 1 aliphatic heterocycles. The van der Waals surface area contributed by atoms with Crippen molar-refractivity contribution in [2.45, 2.75) is 77.4 Å². The van der Waals surface area contributed by atoms with Crippen molar-refractivity contribution in [2.24, 2.45) is 5.92 Å². The smallest absolute Gasteiger partial charge is 0.345 e. The van der Waals surface area contributed by atoms with Crippen molar-refractivity contribution in [3.63, 3.8) is 0 Å². The molecule has 4 nitrogen and oxygen atoms in total. The predicted molar refractivity (Wildman–Crippen MR) is 173 cm³/mol. The van der Waals surface area contributed by atoms with E-state index in [9.17, 15) is 8.78 Å². The van der Waals surface area contributed by atoms with E-state index in [1.807, 2.05) is 72.8 Å².